The van der Waals surface area contributed by atoms with Crippen LogP contribution in [-0.4, -0.2) is 37.2 Å². The highest BCUT2D eigenvalue weighted by atomic mass is 16.6. The molecule has 0 aliphatic carbocycles. The first-order chi connectivity index (χ1) is 35.5. The lowest BCUT2D eigenvalue weighted by molar-refractivity contribution is -0.167. The molecule has 0 aromatic rings. The van der Waals surface area contributed by atoms with Gasteiger partial charge in [-0.15, -0.1) is 0 Å². The van der Waals surface area contributed by atoms with Crippen LogP contribution in [0.15, 0.2) is 72.9 Å². The van der Waals surface area contributed by atoms with Gasteiger partial charge in [-0.3, -0.25) is 14.4 Å². The summed E-state index contributed by atoms with van der Waals surface area (Å²) in [4.78, 5) is 38.3. The summed E-state index contributed by atoms with van der Waals surface area (Å²) >= 11 is 0. The van der Waals surface area contributed by atoms with E-state index in [1.165, 1.54) is 167 Å². The number of carbonyl (C=O) groups is 3. The molecule has 0 aromatic carbocycles. The third-order valence-corrected chi connectivity index (χ3v) is 13.4. The highest BCUT2D eigenvalue weighted by molar-refractivity contribution is 5.71. The van der Waals surface area contributed by atoms with Crippen molar-refractivity contribution in [1.29, 1.82) is 0 Å². The fourth-order valence-electron chi connectivity index (χ4n) is 8.78. The average Bonchev–Trinajstić information content (AvgIpc) is 3.38. The smallest absolute Gasteiger partial charge is 0.306 e. The molecule has 0 saturated carbocycles. The number of hydrogen-bond donors (Lipinski definition) is 0. The first kappa shape index (κ1) is 68.8. The number of rotatable bonds is 56. The van der Waals surface area contributed by atoms with E-state index in [1.807, 2.05) is 0 Å². The SMILES string of the molecule is CC/C=C\C/C=C\C/C=C\CCCCCCCCCC(=O)OC(COC(=O)CCCCCCC/C=C\C/C=C\CCCCCC)COC(=O)CCCCCCCCCCC/C=C\CCCCCCCCCC. The quantitative estimate of drug-likeness (QED) is 0.0261. The van der Waals surface area contributed by atoms with Gasteiger partial charge in [-0.1, -0.05) is 254 Å². The Bertz CT molecular complexity index is 1340. The number of unbranched alkanes of at least 4 members (excludes halogenated alkanes) is 33. The van der Waals surface area contributed by atoms with Crippen molar-refractivity contribution in [2.45, 2.75) is 316 Å². The third kappa shape index (κ3) is 57.7. The molecule has 0 spiro atoms. The molecule has 1 unspecified atom stereocenters. The molecular formula is C66H116O6. The summed E-state index contributed by atoms with van der Waals surface area (Å²) in [6.07, 6.45) is 77.5. The minimum atomic E-state index is -0.788. The van der Waals surface area contributed by atoms with Gasteiger partial charge in [-0.05, 0) is 109 Å². The van der Waals surface area contributed by atoms with E-state index in [-0.39, 0.29) is 31.1 Å². The van der Waals surface area contributed by atoms with E-state index in [0.717, 1.165) is 103 Å². The van der Waals surface area contributed by atoms with E-state index in [1.54, 1.807) is 0 Å². The van der Waals surface area contributed by atoms with E-state index >= 15 is 0 Å². The molecule has 0 radical (unpaired) electrons. The van der Waals surface area contributed by atoms with Crippen molar-refractivity contribution in [3.63, 3.8) is 0 Å². The molecular weight excluding hydrogens is 889 g/mol. The Morgan fingerprint density at radius 2 is 0.542 bits per heavy atom. The van der Waals surface area contributed by atoms with E-state index in [4.69, 9.17) is 14.2 Å². The van der Waals surface area contributed by atoms with Crippen LogP contribution in [0.2, 0.25) is 0 Å². The summed E-state index contributed by atoms with van der Waals surface area (Å²) in [5.41, 5.74) is 0. The molecule has 0 N–H and O–H groups in total. The van der Waals surface area contributed by atoms with Gasteiger partial charge < -0.3 is 14.2 Å². The molecule has 416 valence electrons. The van der Waals surface area contributed by atoms with Crippen molar-refractivity contribution in [2.75, 3.05) is 13.2 Å². The number of hydrogen-bond acceptors (Lipinski definition) is 6. The zero-order valence-corrected chi connectivity index (χ0v) is 47.7. The standard InChI is InChI=1S/C66H116O6/c1-4-7-10-13-16-19-22-25-28-31-32-33-34-36-38-41-44-47-50-53-56-59-65(68)71-62-63(61-70-64(67)58-55-52-49-46-43-40-37-30-27-24-21-18-15-12-9-6-3)72-66(69)60-57-54-51-48-45-42-39-35-29-26-23-20-17-14-11-8-5-2/h8,11,17,20-21,24,26,29-32,37,63H,4-7,9-10,12-16,18-19,22-23,25,27-28,33-36,38-62H2,1-3H3/b11-8-,20-17-,24-21-,29-26-,32-31-,37-30-. The van der Waals surface area contributed by atoms with Gasteiger partial charge in [-0.2, -0.15) is 0 Å². The Hall–Kier alpha value is -3.15. The van der Waals surface area contributed by atoms with Crippen LogP contribution in [0.5, 0.6) is 0 Å². The van der Waals surface area contributed by atoms with E-state index in [9.17, 15) is 14.4 Å². The maximum Gasteiger partial charge on any atom is 0.306 e. The molecule has 0 saturated heterocycles. The van der Waals surface area contributed by atoms with Gasteiger partial charge >= 0.3 is 17.9 Å². The molecule has 0 bridgehead atoms. The second-order valence-corrected chi connectivity index (χ2v) is 20.6. The second kappa shape index (κ2) is 60.4. The first-order valence-corrected chi connectivity index (χ1v) is 30.9. The predicted octanol–water partition coefficient (Wildman–Crippen LogP) is 20.9. The summed E-state index contributed by atoms with van der Waals surface area (Å²) in [6, 6.07) is 0. The fraction of sp³-hybridized carbons (Fsp3) is 0.773. The Balaban J connectivity index is 4.38. The summed E-state index contributed by atoms with van der Waals surface area (Å²) < 4.78 is 16.9. The largest absolute Gasteiger partial charge is 0.462 e. The summed E-state index contributed by atoms with van der Waals surface area (Å²) in [5, 5.41) is 0. The van der Waals surface area contributed by atoms with Gasteiger partial charge in [0.25, 0.3) is 0 Å². The van der Waals surface area contributed by atoms with Crippen molar-refractivity contribution in [3.05, 3.63) is 72.9 Å². The average molecular weight is 1010 g/mol. The lowest BCUT2D eigenvalue weighted by Crippen LogP contribution is -2.30. The number of carbonyl (C=O) groups excluding carboxylic acids is 3. The van der Waals surface area contributed by atoms with Crippen molar-refractivity contribution in [2.24, 2.45) is 0 Å². The normalized spacial score (nSPS) is 12.5. The minimum Gasteiger partial charge on any atom is -0.462 e. The fourth-order valence-corrected chi connectivity index (χ4v) is 8.78. The van der Waals surface area contributed by atoms with Gasteiger partial charge in [0.1, 0.15) is 13.2 Å². The van der Waals surface area contributed by atoms with Crippen LogP contribution in [0.25, 0.3) is 0 Å². The van der Waals surface area contributed by atoms with Gasteiger partial charge in [0.2, 0.25) is 0 Å². The molecule has 0 fully saturated rings. The molecule has 6 heteroatoms. The molecule has 6 nitrogen and oxygen atoms in total. The van der Waals surface area contributed by atoms with E-state index in [0.29, 0.717) is 19.3 Å². The lowest BCUT2D eigenvalue weighted by atomic mass is 10.1. The van der Waals surface area contributed by atoms with Crippen LogP contribution in [-0.2, 0) is 28.6 Å². The van der Waals surface area contributed by atoms with E-state index in [2.05, 4.69) is 93.7 Å². The van der Waals surface area contributed by atoms with Gasteiger partial charge in [0.15, 0.2) is 6.10 Å². The lowest BCUT2D eigenvalue weighted by Gasteiger charge is -2.18. The topological polar surface area (TPSA) is 78.9 Å². The Morgan fingerprint density at radius 3 is 0.875 bits per heavy atom. The van der Waals surface area contributed by atoms with Crippen LogP contribution in [0, 0.1) is 0 Å². The maximum absolute atomic E-state index is 12.9. The van der Waals surface area contributed by atoms with Crippen molar-refractivity contribution >= 4 is 17.9 Å². The number of allylic oxidation sites excluding steroid dienone is 12. The molecule has 0 heterocycles. The van der Waals surface area contributed by atoms with Crippen molar-refractivity contribution < 1.29 is 28.6 Å². The Morgan fingerprint density at radius 1 is 0.292 bits per heavy atom. The predicted molar refractivity (Wildman–Crippen MR) is 311 cm³/mol. The molecule has 0 amide bonds. The van der Waals surface area contributed by atoms with Gasteiger partial charge in [-0.25, -0.2) is 0 Å². The highest BCUT2D eigenvalue weighted by Gasteiger charge is 2.19. The van der Waals surface area contributed by atoms with Crippen LogP contribution in [0.3, 0.4) is 0 Å². The molecule has 72 heavy (non-hydrogen) atoms. The molecule has 0 aromatic heterocycles. The maximum atomic E-state index is 12.9. The highest BCUT2D eigenvalue weighted by Crippen LogP contribution is 2.16. The summed E-state index contributed by atoms with van der Waals surface area (Å²) in [5.74, 6) is -0.898. The summed E-state index contributed by atoms with van der Waals surface area (Å²) in [7, 11) is 0. The number of ether oxygens (including phenoxy) is 3. The van der Waals surface area contributed by atoms with Crippen molar-refractivity contribution in [1.82, 2.24) is 0 Å². The minimum absolute atomic E-state index is 0.0841. The zero-order chi connectivity index (χ0) is 52.2. The van der Waals surface area contributed by atoms with Gasteiger partial charge in [0, 0.05) is 19.3 Å². The molecule has 1 atom stereocenters. The van der Waals surface area contributed by atoms with Crippen molar-refractivity contribution in [3.8, 4) is 0 Å². The monoisotopic (exact) mass is 1000 g/mol. The van der Waals surface area contributed by atoms with Crippen LogP contribution >= 0.6 is 0 Å². The van der Waals surface area contributed by atoms with E-state index < -0.39 is 6.10 Å². The van der Waals surface area contributed by atoms with Crippen LogP contribution in [0.1, 0.15) is 310 Å². The Kier molecular flexibility index (Phi) is 57.8. The zero-order valence-electron chi connectivity index (χ0n) is 47.7. The Labute approximate surface area is 446 Å². The first-order valence-electron chi connectivity index (χ1n) is 30.9. The third-order valence-electron chi connectivity index (χ3n) is 13.4. The molecule has 0 aliphatic rings. The molecule has 0 aliphatic heterocycles. The second-order valence-electron chi connectivity index (χ2n) is 20.6. The number of esters is 3. The van der Waals surface area contributed by atoms with Crippen LogP contribution < -0.4 is 0 Å². The van der Waals surface area contributed by atoms with Gasteiger partial charge in [0.05, 0.1) is 0 Å². The molecule has 0 rings (SSSR count). The summed E-state index contributed by atoms with van der Waals surface area (Å²) in [6.45, 7) is 6.52. The van der Waals surface area contributed by atoms with Crippen LogP contribution in [0.4, 0.5) is 0 Å².